The van der Waals surface area contributed by atoms with Gasteiger partial charge in [0.15, 0.2) is 0 Å². The second-order valence-electron chi connectivity index (χ2n) is 5.08. The van der Waals surface area contributed by atoms with E-state index >= 15 is 0 Å². The maximum atomic E-state index is 12.7. The first-order chi connectivity index (χ1) is 10.4. The highest BCUT2D eigenvalue weighted by Gasteiger charge is 2.45. The molecule has 2 aromatic rings. The number of alkyl halides is 3. The molecule has 1 aliphatic rings. The minimum Gasteiger partial charge on any atom is -0.273 e. The Kier molecular flexibility index (Phi) is 3.51. The van der Waals surface area contributed by atoms with Gasteiger partial charge in [-0.1, -0.05) is 18.2 Å². The Morgan fingerprint density at radius 3 is 2.86 bits per heavy atom. The highest BCUT2D eigenvalue weighted by molar-refractivity contribution is 7.71. The predicted molar refractivity (Wildman–Crippen MR) is 74.1 cm³/mol. The van der Waals surface area contributed by atoms with Crippen molar-refractivity contribution in [3.05, 3.63) is 46.5 Å². The molecular formula is C13H11F3N4OS. The molecule has 0 spiro atoms. The van der Waals surface area contributed by atoms with Crippen molar-refractivity contribution in [1.82, 2.24) is 14.9 Å². The van der Waals surface area contributed by atoms with E-state index in [-0.39, 0.29) is 22.5 Å². The van der Waals surface area contributed by atoms with Crippen LogP contribution >= 0.6 is 12.2 Å². The summed E-state index contributed by atoms with van der Waals surface area (Å²) in [6, 6.07) is 5.08. The fourth-order valence-electron chi connectivity index (χ4n) is 2.33. The maximum Gasteiger partial charge on any atom is 0.416 e. The van der Waals surface area contributed by atoms with Gasteiger partial charge in [0.05, 0.1) is 5.56 Å². The molecule has 2 N–H and O–H groups in total. The van der Waals surface area contributed by atoms with Crippen LogP contribution in [0.1, 0.15) is 23.5 Å². The van der Waals surface area contributed by atoms with E-state index < -0.39 is 11.7 Å². The Labute approximate surface area is 128 Å². The van der Waals surface area contributed by atoms with Crippen molar-refractivity contribution in [1.29, 1.82) is 0 Å². The molecule has 0 saturated heterocycles. The van der Waals surface area contributed by atoms with Gasteiger partial charge < -0.3 is 0 Å². The van der Waals surface area contributed by atoms with Crippen molar-refractivity contribution in [2.75, 3.05) is 5.43 Å². The molecular weight excluding hydrogens is 317 g/mol. The zero-order chi connectivity index (χ0) is 15.9. The van der Waals surface area contributed by atoms with Gasteiger partial charge in [-0.2, -0.15) is 18.3 Å². The number of amides is 1. The first-order valence-electron chi connectivity index (χ1n) is 6.46. The van der Waals surface area contributed by atoms with Crippen LogP contribution in [-0.4, -0.2) is 20.8 Å². The molecule has 0 aliphatic heterocycles. The van der Waals surface area contributed by atoms with E-state index in [1.165, 1.54) is 17.1 Å². The molecule has 5 nitrogen and oxygen atoms in total. The lowest BCUT2D eigenvalue weighted by Gasteiger charge is -2.08. The van der Waals surface area contributed by atoms with E-state index in [1.54, 1.807) is 6.07 Å². The lowest BCUT2D eigenvalue weighted by molar-refractivity contribution is -0.137. The number of nitrogens with zero attached hydrogens (tertiary/aromatic N) is 2. The molecule has 1 aliphatic carbocycles. The molecule has 1 heterocycles. The first-order valence-corrected chi connectivity index (χ1v) is 6.87. The highest BCUT2D eigenvalue weighted by Crippen LogP contribution is 2.48. The second kappa shape index (κ2) is 5.24. The zero-order valence-corrected chi connectivity index (χ0v) is 11.9. The van der Waals surface area contributed by atoms with Gasteiger partial charge in [-0.05, 0) is 36.2 Å². The summed E-state index contributed by atoms with van der Waals surface area (Å²) in [6.45, 7) is 0. The van der Waals surface area contributed by atoms with Crippen LogP contribution < -0.4 is 5.43 Å². The summed E-state index contributed by atoms with van der Waals surface area (Å²) in [6.07, 6.45) is -2.55. The van der Waals surface area contributed by atoms with Crippen LogP contribution in [0, 0.1) is 10.7 Å². The largest absolute Gasteiger partial charge is 0.416 e. The van der Waals surface area contributed by atoms with Crippen molar-refractivity contribution in [2.24, 2.45) is 5.92 Å². The van der Waals surface area contributed by atoms with Crippen LogP contribution in [0.2, 0.25) is 0 Å². The predicted octanol–water partition coefficient (Wildman–Crippen LogP) is 2.83. The third-order valence-electron chi connectivity index (χ3n) is 3.55. The van der Waals surface area contributed by atoms with Gasteiger partial charge in [0.1, 0.15) is 6.33 Å². The summed E-state index contributed by atoms with van der Waals surface area (Å²) < 4.78 is 39.6. The number of nitrogens with one attached hydrogen (secondary N) is 2. The summed E-state index contributed by atoms with van der Waals surface area (Å²) in [4.78, 5) is 12.0. The van der Waals surface area contributed by atoms with Gasteiger partial charge in [-0.25, -0.2) is 4.68 Å². The van der Waals surface area contributed by atoms with E-state index in [0.29, 0.717) is 12.0 Å². The molecule has 1 amide bonds. The van der Waals surface area contributed by atoms with Crippen LogP contribution in [0.4, 0.5) is 13.2 Å². The van der Waals surface area contributed by atoms with Gasteiger partial charge in [-0.3, -0.25) is 15.3 Å². The Morgan fingerprint density at radius 1 is 1.45 bits per heavy atom. The SMILES string of the molecule is O=C(Nn1cn[nH]c1=S)C1CC1c1cccc(C(F)(F)F)c1. The van der Waals surface area contributed by atoms with Crippen LogP contribution in [-0.2, 0) is 11.0 Å². The molecule has 22 heavy (non-hydrogen) atoms. The monoisotopic (exact) mass is 328 g/mol. The van der Waals surface area contributed by atoms with Crippen LogP contribution in [0.25, 0.3) is 0 Å². The molecule has 0 bridgehead atoms. The molecule has 116 valence electrons. The Bertz CT molecular complexity index is 767. The van der Waals surface area contributed by atoms with E-state index in [4.69, 9.17) is 12.2 Å². The molecule has 1 aromatic carbocycles. The molecule has 9 heteroatoms. The third kappa shape index (κ3) is 2.89. The lowest BCUT2D eigenvalue weighted by Crippen LogP contribution is -2.24. The smallest absolute Gasteiger partial charge is 0.273 e. The number of benzene rings is 1. The zero-order valence-electron chi connectivity index (χ0n) is 11.1. The van der Waals surface area contributed by atoms with Gasteiger partial charge in [0.2, 0.25) is 10.7 Å². The number of hydrogen-bond acceptors (Lipinski definition) is 3. The number of rotatable bonds is 3. The van der Waals surface area contributed by atoms with Crippen LogP contribution in [0.5, 0.6) is 0 Å². The standard InChI is InChI=1S/C13H11F3N4OS/c14-13(15,16)8-3-1-2-7(4-8)9-5-10(9)11(21)19-20-6-17-18-12(20)22/h1-4,6,9-10H,5H2,(H,18,22)(H,19,21). The van der Waals surface area contributed by atoms with Crippen molar-refractivity contribution in [2.45, 2.75) is 18.5 Å². The number of halogens is 3. The summed E-state index contributed by atoms with van der Waals surface area (Å²) in [7, 11) is 0. The average molecular weight is 328 g/mol. The highest BCUT2D eigenvalue weighted by atomic mass is 32.1. The quantitative estimate of drug-likeness (QED) is 0.852. The molecule has 1 fully saturated rings. The molecule has 0 radical (unpaired) electrons. The number of aromatic nitrogens is 3. The fourth-order valence-corrected chi connectivity index (χ4v) is 2.47. The maximum absolute atomic E-state index is 12.7. The van der Waals surface area contributed by atoms with Crippen molar-refractivity contribution >= 4 is 18.1 Å². The van der Waals surface area contributed by atoms with E-state index in [0.717, 1.165) is 12.1 Å². The number of carbonyl (C=O) groups is 1. The number of carbonyl (C=O) groups excluding carboxylic acids is 1. The van der Waals surface area contributed by atoms with Crippen molar-refractivity contribution in [3.63, 3.8) is 0 Å². The normalized spacial score (nSPS) is 20.7. The molecule has 2 atom stereocenters. The van der Waals surface area contributed by atoms with E-state index in [1.807, 2.05) is 0 Å². The van der Waals surface area contributed by atoms with Gasteiger partial charge >= 0.3 is 6.18 Å². The van der Waals surface area contributed by atoms with E-state index in [9.17, 15) is 18.0 Å². The minimum atomic E-state index is -4.38. The van der Waals surface area contributed by atoms with E-state index in [2.05, 4.69) is 15.6 Å². The summed E-state index contributed by atoms with van der Waals surface area (Å²) >= 11 is 4.90. The number of aromatic amines is 1. The Balaban J connectivity index is 1.71. The first kappa shape index (κ1) is 14.8. The van der Waals surface area contributed by atoms with Crippen LogP contribution in [0.15, 0.2) is 30.6 Å². The summed E-state index contributed by atoms with van der Waals surface area (Å²) in [5.41, 5.74) is 2.37. The summed E-state index contributed by atoms with van der Waals surface area (Å²) in [5, 5.41) is 6.15. The van der Waals surface area contributed by atoms with Crippen molar-refractivity contribution in [3.8, 4) is 0 Å². The van der Waals surface area contributed by atoms with Gasteiger partial charge in [0.25, 0.3) is 0 Å². The minimum absolute atomic E-state index is 0.205. The topological polar surface area (TPSA) is 62.7 Å². The summed E-state index contributed by atoms with van der Waals surface area (Å²) in [5.74, 6) is -0.858. The van der Waals surface area contributed by atoms with Crippen LogP contribution in [0.3, 0.4) is 0 Å². The molecule has 1 aromatic heterocycles. The molecule has 1 saturated carbocycles. The second-order valence-corrected chi connectivity index (χ2v) is 5.47. The molecule has 2 unspecified atom stereocenters. The number of H-pyrrole nitrogens is 1. The number of hydrogen-bond donors (Lipinski definition) is 2. The van der Waals surface area contributed by atoms with Gasteiger partial charge in [-0.15, -0.1) is 0 Å². The Morgan fingerprint density at radius 2 is 2.23 bits per heavy atom. The third-order valence-corrected chi connectivity index (χ3v) is 3.84. The van der Waals surface area contributed by atoms with Crippen molar-refractivity contribution < 1.29 is 18.0 Å². The lowest BCUT2D eigenvalue weighted by atomic mass is 10.1. The molecule has 3 rings (SSSR count). The average Bonchev–Trinajstić information content (AvgIpc) is 3.17. The fraction of sp³-hybridized carbons (Fsp3) is 0.308. The Hall–Kier alpha value is -2.16. The van der Waals surface area contributed by atoms with Gasteiger partial charge in [0, 0.05) is 5.92 Å².